The molecule has 1 aliphatic heterocycles. The average molecular weight is 433 g/mol. The van der Waals surface area contributed by atoms with E-state index in [2.05, 4.69) is 15.3 Å². The summed E-state index contributed by atoms with van der Waals surface area (Å²) in [6.07, 6.45) is 2.21. The molecule has 4 rings (SSSR count). The number of carbonyl (C=O) groups excluding carboxylic acids is 1. The number of pyridine rings is 1. The molecule has 2 unspecified atom stereocenters. The minimum absolute atomic E-state index is 0.00571. The number of piperidine rings is 1. The quantitative estimate of drug-likeness (QED) is 0.657. The van der Waals surface area contributed by atoms with Gasteiger partial charge in [-0.1, -0.05) is 6.07 Å². The molecule has 2 atom stereocenters. The first-order valence-corrected chi connectivity index (χ1v) is 10.1. The lowest BCUT2D eigenvalue weighted by Gasteiger charge is -2.35. The standard InChI is InChI=1S/C20H18F3N5OS/c21-11-6-12(24)9-28(8-11)17-4-5-25-7-15(17)26-19(29)16-10-30-20(27-16)18-13(22)2-1-3-14(18)23/h1-5,7,10-12H,6,8-9,24H2,(H,26,29). The van der Waals surface area contributed by atoms with E-state index >= 15 is 0 Å². The topological polar surface area (TPSA) is 84.1 Å². The molecule has 0 saturated carbocycles. The summed E-state index contributed by atoms with van der Waals surface area (Å²) in [5.74, 6) is -2.08. The fraction of sp³-hybridized carbons (Fsp3) is 0.250. The van der Waals surface area contributed by atoms with Crippen LogP contribution in [-0.2, 0) is 0 Å². The molecule has 1 aromatic carbocycles. The number of amides is 1. The molecule has 1 amide bonds. The van der Waals surface area contributed by atoms with Crippen LogP contribution in [0.5, 0.6) is 0 Å². The number of hydrogen-bond acceptors (Lipinski definition) is 6. The third-order valence-electron chi connectivity index (χ3n) is 4.73. The van der Waals surface area contributed by atoms with E-state index in [4.69, 9.17) is 5.73 Å². The van der Waals surface area contributed by atoms with Crippen molar-refractivity contribution in [1.82, 2.24) is 9.97 Å². The second-order valence-electron chi connectivity index (χ2n) is 6.98. The second kappa shape index (κ2) is 8.41. The molecule has 3 heterocycles. The number of benzene rings is 1. The zero-order valence-electron chi connectivity index (χ0n) is 15.7. The Morgan fingerprint density at radius 3 is 2.73 bits per heavy atom. The van der Waals surface area contributed by atoms with Gasteiger partial charge in [-0.15, -0.1) is 11.3 Å². The van der Waals surface area contributed by atoms with E-state index in [1.165, 1.54) is 17.6 Å². The molecule has 3 aromatic rings. The Bertz CT molecular complexity index is 1050. The highest BCUT2D eigenvalue weighted by molar-refractivity contribution is 7.13. The minimum atomic E-state index is -1.07. The van der Waals surface area contributed by atoms with Gasteiger partial charge in [0.25, 0.3) is 5.91 Å². The molecule has 1 fully saturated rings. The lowest BCUT2D eigenvalue weighted by atomic mass is 10.0. The molecule has 3 N–H and O–H groups in total. The number of nitrogens with two attached hydrogens (primary N) is 1. The smallest absolute Gasteiger partial charge is 0.275 e. The lowest BCUT2D eigenvalue weighted by Crippen LogP contribution is -2.48. The van der Waals surface area contributed by atoms with E-state index in [9.17, 15) is 18.0 Å². The van der Waals surface area contributed by atoms with Crippen LogP contribution in [0.15, 0.2) is 42.0 Å². The maximum absolute atomic E-state index is 14.0. The highest BCUT2D eigenvalue weighted by Gasteiger charge is 2.27. The largest absolute Gasteiger partial charge is 0.365 e. The number of carbonyl (C=O) groups is 1. The highest BCUT2D eigenvalue weighted by Crippen LogP contribution is 2.31. The average Bonchev–Trinajstić information content (AvgIpc) is 3.17. The van der Waals surface area contributed by atoms with Crippen molar-refractivity contribution in [2.24, 2.45) is 5.73 Å². The van der Waals surface area contributed by atoms with Crippen LogP contribution in [-0.4, -0.2) is 41.2 Å². The van der Waals surface area contributed by atoms with Crippen molar-refractivity contribution in [2.45, 2.75) is 18.6 Å². The van der Waals surface area contributed by atoms with E-state index < -0.39 is 23.7 Å². The molecule has 1 saturated heterocycles. The Morgan fingerprint density at radius 2 is 2.00 bits per heavy atom. The van der Waals surface area contributed by atoms with Crippen LogP contribution in [0, 0.1) is 11.6 Å². The zero-order valence-corrected chi connectivity index (χ0v) is 16.5. The Hall–Kier alpha value is -2.98. The van der Waals surface area contributed by atoms with Gasteiger partial charge in [-0.2, -0.15) is 0 Å². The summed E-state index contributed by atoms with van der Waals surface area (Å²) in [6, 6.07) is 4.86. The molecule has 30 heavy (non-hydrogen) atoms. The van der Waals surface area contributed by atoms with Crippen LogP contribution in [0.4, 0.5) is 24.5 Å². The van der Waals surface area contributed by atoms with Crippen molar-refractivity contribution in [1.29, 1.82) is 0 Å². The second-order valence-corrected chi connectivity index (χ2v) is 7.84. The van der Waals surface area contributed by atoms with Gasteiger partial charge in [0.05, 0.1) is 23.1 Å². The van der Waals surface area contributed by atoms with Crippen molar-refractivity contribution in [3.05, 3.63) is 59.4 Å². The van der Waals surface area contributed by atoms with Gasteiger partial charge in [-0.05, 0) is 24.6 Å². The molecular formula is C20H18F3N5OS. The summed E-state index contributed by atoms with van der Waals surface area (Å²) in [7, 11) is 0. The number of aromatic nitrogens is 2. The fourth-order valence-electron chi connectivity index (χ4n) is 3.41. The van der Waals surface area contributed by atoms with E-state index in [-0.39, 0.29) is 35.3 Å². The number of nitrogens with zero attached hydrogens (tertiary/aromatic N) is 3. The van der Waals surface area contributed by atoms with Gasteiger partial charge in [0.1, 0.15) is 28.5 Å². The molecular weight excluding hydrogens is 415 g/mol. The molecule has 0 bridgehead atoms. The van der Waals surface area contributed by atoms with Gasteiger partial charge in [0, 0.05) is 30.7 Å². The number of nitrogens with one attached hydrogen (secondary N) is 1. The van der Waals surface area contributed by atoms with E-state index in [0.29, 0.717) is 17.9 Å². The molecule has 2 aromatic heterocycles. The Kier molecular flexibility index (Phi) is 5.69. The molecule has 0 spiro atoms. The monoisotopic (exact) mass is 433 g/mol. The maximum Gasteiger partial charge on any atom is 0.275 e. The number of thiazole rings is 1. The number of hydrogen-bond donors (Lipinski definition) is 2. The summed E-state index contributed by atoms with van der Waals surface area (Å²) in [4.78, 5) is 22.5. The first-order chi connectivity index (χ1) is 14.4. The zero-order chi connectivity index (χ0) is 21.3. The van der Waals surface area contributed by atoms with E-state index in [1.54, 1.807) is 17.2 Å². The van der Waals surface area contributed by atoms with Crippen molar-refractivity contribution >= 4 is 28.6 Å². The normalized spacial score (nSPS) is 19.0. The van der Waals surface area contributed by atoms with Crippen LogP contribution >= 0.6 is 11.3 Å². The number of rotatable bonds is 4. The summed E-state index contributed by atoms with van der Waals surface area (Å²) >= 11 is 0.959. The van der Waals surface area contributed by atoms with Gasteiger partial charge >= 0.3 is 0 Å². The van der Waals surface area contributed by atoms with Crippen molar-refractivity contribution in [3.63, 3.8) is 0 Å². The molecule has 0 aliphatic carbocycles. The van der Waals surface area contributed by atoms with Crippen LogP contribution < -0.4 is 16.0 Å². The van der Waals surface area contributed by atoms with Crippen LogP contribution in [0.1, 0.15) is 16.9 Å². The summed E-state index contributed by atoms with van der Waals surface area (Å²) < 4.78 is 41.9. The summed E-state index contributed by atoms with van der Waals surface area (Å²) in [5.41, 5.74) is 6.61. The molecule has 0 radical (unpaired) electrons. The van der Waals surface area contributed by atoms with Gasteiger partial charge in [0.2, 0.25) is 0 Å². The van der Waals surface area contributed by atoms with Gasteiger partial charge in [-0.25, -0.2) is 18.2 Å². The third-order valence-corrected chi connectivity index (χ3v) is 5.59. The third kappa shape index (κ3) is 4.14. The number of alkyl halides is 1. The summed E-state index contributed by atoms with van der Waals surface area (Å²) in [5, 5.41) is 4.18. The molecule has 10 heteroatoms. The van der Waals surface area contributed by atoms with Gasteiger partial charge in [-0.3, -0.25) is 9.78 Å². The Labute approximate surface area is 174 Å². The number of halogens is 3. The van der Waals surface area contributed by atoms with Crippen LogP contribution in [0.3, 0.4) is 0 Å². The first kappa shape index (κ1) is 20.3. The molecule has 1 aliphatic rings. The Balaban J connectivity index is 1.57. The van der Waals surface area contributed by atoms with Crippen LogP contribution in [0.2, 0.25) is 0 Å². The summed E-state index contributed by atoms with van der Waals surface area (Å²) in [6.45, 7) is 0.606. The predicted octanol–water partition coefficient (Wildman–Crippen LogP) is 3.61. The first-order valence-electron chi connectivity index (χ1n) is 9.22. The SMILES string of the molecule is NC1CC(F)CN(c2ccncc2NC(=O)c2csc(-c3c(F)cccc3F)n2)C1. The Morgan fingerprint density at radius 1 is 1.23 bits per heavy atom. The maximum atomic E-state index is 14.0. The van der Waals surface area contributed by atoms with Crippen molar-refractivity contribution in [2.75, 3.05) is 23.3 Å². The van der Waals surface area contributed by atoms with Gasteiger partial charge in [0.15, 0.2) is 0 Å². The fourth-order valence-corrected chi connectivity index (χ4v) is 4.26. The molecule has 156 valence electrons. The van der Waals surface area contributed by atoms with Crippen molar-refractivity contribution in [3.8, 4) is 10.6 Å². The van der Waals surface area contributed by atoms with E-state index in [0.717, 1.165) is 23.5 Å². The predicted molar refractivity (Wildman–Crippen MR) is 109 cm³/mol. The highest BCUT2D eigenvalue weighted by atomic mass is 32.1. The van der Waals surface area contributed by atoms with E-state index in [1.807, 2.05) is 0 Å². The number of anilines is 2. The molecule has 6 nitrogen and oxygen atoms in total. The van der Waals surface area contributed by atoms with Gasteiger partial charge < -0.3 is 16.0 Å². The minimum Gasteiger partial charge on any atom is -0.365 e. The lowest BCUT2D eigenvalue weighted by molar-refractivity contribution is 0.102. The van der Waals surface area contributed by atoms with Crippen molar-refractivity contribution < 1.29 is 18.0 Å². The van der Waals surface area contributed by atoms with Crippen LogP contribution in [0.25, 0.3) is 10.6 Å².